The van der Waals surface area contributed by atoms with Crippen LogP contribution in [-0.2, 0) is 9.53 Å². The van der Waals surface area contributed by atoms with Crippen molar-refractivity contribution in [1.82, 2.24) is 10.2 Å². The number of carbonyl (C=O) groups is 2. The van der Waals surface area contributed by atoms with E-state index in [0.29, 0.717) is 24.2 Å². The highest BCUT2D eigenvalue weighted by Gasteiger charge is 2.56. The zero-order valence-electron chi connectivity index (χ0n) is 15.0. The third-order valence-electron chi connectivity index (χ3n) is 6.33. The van der Waals surface area contributed by atoms with E-state index in [4.69, 9.17) is 0 Å². The maximum Gasteiger partial charge on any atom is 0.407 e. The van der Waals surface area contributed by atoms with E-state index in [-0.39, 0.29) is 17.4 Å². The van der Waals surface area contributed by atoms with Gasteiger partial charge in [0.15, 0.2) is 0 Å². The summed E-state index contributed by atoms with van der Waals surface area (Å²) in [6.07, 6.45) is 3.40. The molecule has 2 aliphatic carbocycles. The largest absolute Gasteiger partial charge is 0.453 e. The molecular formula is C20H26N2O3. The number of nitrogens with zero attached hydrogens (tertiary/aromatic N) is 1. The number of amides is 2. The third kappa shape index (κ3) is 2.90. The molecule has 1 aliphatic heterocycles. The van der Waals surface area contributed by atoms with Gasteiger partial charge >= 0.3 is 6.09 Å². The van der Waals surface area contributed by atoms with Gasteiger partial charge in [-0.05, 0) is 44.1 Å². The Morgan fingerprint density at radius 1 is 1.12 bits per heavy atom. The van der Waals surface area contributed by atoms with Crippen LogP contribution >= 0.6 is 0 Å². The molecule has 0 radical (unpaired) electrons. The lowest BCUT2D eigenvalue weighted by Crippen LogP contribution is -2.66. The zero-order valence-corrected chi connectivity index (χ0v) is 15.0. The Labute approximate surface area is 148 Å². The van der Waals surface area contributed by atoms with Crippen LogP contribution in [0.3, 0.4) is 0 Å². The summed E-state index contributed by atoms with van der Waals surface area (Å²) in [7, 11) is 1.36. The van der Waals surface area contributed by atoms with Crippen LogP contribution in [0.25, 0.3) is 0 Å². The molecule has 0 bridgehead atoms. The van der Waals surface area contributed by atoms with Crippen molar-refractivity contribution in [2.45, 2.75) is 44.1 Å². The minimum absolute atomic E-state index is 0.0458. The van der Waals surface area contributed by atoms with Crippen molar-refractivity contribution < 1.29 is 14.3 Å². The fraction of sp³-hybridized carbons (Fsp3) is 0.600. The summed E-state index contributed by atoms with van der Waals surface area (Å²) in [5.41, 5.74) is 1.50. The van der Waals surface area contributed by atoms with Crippen LogP contribution in [-0.4, -0.2) is 42.6 Å². The van der Waals surface area contributed by atoms with Gasteiger partial charge in [-0.1, -0.05) is 30.3 Å². The number of likely N-dealkylation sites (tertiary alicyclic amines) is 1. The van der Waals surface area contributed by atoms with E-state index in [2.05, 4.69) is 40.4 Å². The fourth-order valence-electron chi connectivity index (χ4n) is 4.98. The maximum absolute atomic E-state index is 12.6. The first-order chi connectivity index (χ1) is 11.9. The molecule has 1 aromatic rings. The van der Waals surface area contributed by atoms with Crippen LogP contribution in [0.5, 0.6) is 0 Å². The van der Waals surface area contributed by atoms with Crippen LogP contribution in [0.1, 0.15) is 44.1 Å². The number of carbonyl (C=O) groups excluding carboxylic acids is 2. The van der Waals surface area contributed by atoms with Gasteiger partial charge in [-0.2, -0.15) is 0 Å². The summed E-state index contributed by atoms with van der Waals surface area (Å²) in [6, 6.07) is 10.7. The van der Waals surface area contributed by atoms with Crippen molar-refractivity contribution >= 4 is 12.0 Å². The molecule has 3 fully saturated rings. The van der Waals surface area contributed by atoms with Gasteiger partial charge in [0, 0.05) is 30.0 Å². The van der Waals surface area contributed by atoms with Crippen LogP contribution < -0.4 is 5.32 Å². The highest BCUT2D eigenvalue weighted by molar-refractivity contribution is 5.82. The number of benzene rings is 1. The van der Waals surface area contributed by atoms with E-state index in [9.17, 15) is 9.59 Å². The topological polar surface area (TPSA) is 58.6 Å². The molecule has 1 spiro atoms. The molecule has 2 amide bonds. The quantitative estimate of drug-likeness (QED) is 0.919. The Balaban J connectivity index is 1.23. The van der Waals surface area contributed by atoms with E-state index < -0.39 is 6.09 Å². The molecule has 5 heteroatoms. The van der Waals surface area contributed by atoms with E-state index in [1.54, 1.807) is 0 Å². The van der Waals surface area contributed by atoms with Gasteiger partial charge < -0.3 is 15.0 Å². The maximum atomic E-state index is 12.6. The molecule has 1 aromatic carbocycles. The highest BCUT2D eigenvalue weighted by Crippen LogP contribution is 2.56. The molecule has 1 heterocycles. The number of hydrogen-bond acceptors (Lipinski definition) is 3. The van der Waals surface area contributed by atoms with Crippen LogP contribution in [0.4, 0.5) is 4.79 Å². The summed E-state index contributed by atoms with van der Waals surface area (Å²) in [6.45, 7) is 3.79. The summed E-state index contributed by atoms with van der Waals surface area (Å²) in [4.78, 5) is 26.0. The van der Waals surface area contributed by atoms with Crippen LogP contribution in [0.2, 0.25) is 0 Å². The number of nitrogens with one attached hydrogen (secondary N) is 1. The van der Waals surface area contributed by atoms with Gasteiger partial charge in [0.2, 0.25) is 5.91 Å². The second-order valence-corrected chi connectivity index (χ2v) is 8.49. The highest BCUT2D eigenvalue weighted by atomic mass is 16.5. The van der Waals surface area contributed by atoms with Gasteiger partial charge in [0.05, 0.1) is 7.11 Å². The Kier molecular flexibility index (Phi) is 3.78. The summed E-state index contributed by atoms with van der Waals surface area (Å²) in [5.74, 6) is 0.970. The Bertz CT molecular complexity index is 667. The van der Waals surface area contributed by atoms with Crippen molar-refractivity contribution in [1.29, 1.82) is 0 Å². The molecule has 5 nitrogen and oxygen atoms in total. The lowest BCUT2D eigenvalue weighted by Gasteiger charge is -2.60. The van der Waals surface area contributed by atoms with Gasteiger partial charge in [-0.15, -0.1) is 0 Å². The molecular weight excluding hydrogens is 316 g/mol. The van der Waals surface area contributed by atoms with Crippen molar-refractivity contribution in [3.8, 4) is 0 Å². The van der Waals surface area contributed by atoms with Crippen molar-refractivity contribution in [3.05, 3.63) is 35.9 Å². The second-order valence-electron chi connectivity index (χ2n) is 8.49. The standard InChI is InChI=1S/C20H26N2O3/c1-19(21-18(24)25-2)8-16(9-19)17(23)22-12-20(13-22)10-15(11-20)14-6-4-3-5-7-14/h3-7,15-16H,8-13H2,1-2H3,(H,21,24)/t16-,19+. The van der Waals surface area contributed by atoms with Crippen LogP contribution in [0.15, 0.2) is 30.3 Å². The first-order valence-electron chi connectivity index (χ1n) is 9.12. The summed E-state index contributed by atoms with van der Waals surface area (Å²) in [5, 5.41) is 2.83. The molecule has 0 atom stereocenters. The average Bonchev–Trinajstić information content (AvgIpc) is 2.50. The van der Waals surface area contributed by atoms with E-state index in [0.717, 1.165) is 13.1 Å². The van der Waals surface area contributed by atoms with Crippen molar-refractivity contribution in [2.75, 3.05) is 20.2 Å². The molecule has 3 aliphatic rings. The van der Waals surface area contributed by atoms with Gasteiger partial charge in [-0.3, -0.25) is 4.79 Å². The van der Waals surface area contributed by atoms with E-state index >= 15 is 0 Å². The van der Waals surface area contributed by atoms with E-state index in [1.165, 1.54) is 25.5 Å². The SMILES string of the molecule is COC(=O)N[C@]1(C)C[C@H](C(=O)N2CC3(CC(c4ccccc4)C3)C2)C1. The molecule has 2 saturated carbocycles. The predicted octanol–water partition coefficient (Wildman–Crippen LogP) is 2.92. The molecule has 25 heavy (non-hydrogen) atoms. The van der Waals surface area contributed by atoms with Gasteiger partial charge in [-0.25, -0.2) is 4.79 Å². The minimum atomic E-state index is -0.419. The zero-order chi connectivity index (χ0) is 17.7. The lowest BCUT2D eigenvalue weighted by atomic mass is 9.55. The number of rotatable bonds is 3. The summed E-state index contributed by atoms with van der Waals surface area (Å²) >= 11 is 0. The third-order valence-corrected chi connectivity index (χ3v) is 6.33. The Morgan fingerprint density at radius 2 is 1.76 bits per heavy atom. The molecule has 1 N–H and O–H groups in total. The predicted molar refractivity (Wildman–Crippen MR) is 94.1 cm³/mol. The van der Waals surface area contributed by atoms with Crippen LogP contribution in [0, 0.1) is 11.3 Å². The van der Waals surface area contributed by atoms with E-state index in [1.807, 2.05) is 11.8 Å². The average molecular weight is 342 g/mol. The summed E-state index contributed by atoms with van der Waals surface area (Å²) < 4.78 is 4.65. The normalized spacial score (nSPS) is 30.0. The van der Waals surface area contributed by atoms with Gasteiger partial charge in [0.25, 0.3) is 0 Å². The Hall–Kier alpha value is -2.04. The smallest absolute Gasteiger partial charge is 0.407 e. The number of ether oxygens (including phenoxy) is 1. The lowest BCUT2D eigenvalue weighted by molar-refractivity contribution is -0.161. The molecule has 1 saturated heterocycles. The molecule has 0 unspecified atom stereocenters. The minimum Gasteiger partial charge on any atom is -0.453 e. The van der Waals surface area contributed by atoms with Crippen molar-refractivity contribution in [3.63, 3.8) is 0 Å². The van der Waals surface area contributed by atoms with Gasteiger partial charge in [0.1, 0.15) is 0 Å². The first-order valence-corrected chi connectivity index (χ1v) is 9.12. The monoisotopic (exact) mass is 342 g/mol. The molecule has 4 rings (SSSR count). The Morgan fingerprint density at radius 3 is 2.36 bits per heavy atom. The fourth-order valence-corrected chi connectivity index (χ4v) is 4.98. The van der Waals surface area contributed by atoms with Crippen molar-refractivity contribution in [2.24, 2.45) is 11.3 Å². The number of methoxy groups -OCH3 is 1. The number of alkyl carbamates (subject to hydrolysis) is 1. The second kappa shape index (κ2) is 5.75. The molecule has 0 aromatic heterocycles. The molecule has 134 valence electrons. The first kappa shape index (κ1) is 16.4. The number of hydrogen-bond donors (Lipinski definition) is 1.